The number of hydrogen-bond donors (Lipinski definition) is 1. The molecule has 0 saturated heterocycles. The van der Waals surface area contributed by atoms with Crippen molar-refractivity contribution in [2.75, 3.05) is 13.7 Å². The van der Waals surface area contributed by atoms with Gasteiger partial charge < -0.3 is 19.5 Å². The van der Waals surface area contributed by atoms with Crippen molar-refractivity contribution in [1.82, 2.24) is 5.32 Å². The van der Waals surface area contributed by atoms with Crippen LogP contribution in [0.15, 0.2) is 42.5 Å². The lowest BCUT2D eigenvalue weighted by molar-refractivity contribution is -0.129. The lowest BCUT2D eigenvalue weighted by atomic mass is 10.1. The summed E-state index contributed by atoms with van der Waals surface area (Å²) in [5, 5.41) is 2.96. The molecule has 2 aromatic carbocycles. The number of rotatable bonds is 9. The number of carbonyl (C=O) groups excluding carboxylic acids is 1. The smallest absolute Gasteiger partial charge is 0.261 e. The van der Waals surface area contributed by atoms with Gasteiger partial charge in [-0.05, 0) is 68.7 Å². The van der Waals surface area contributed by atoms with Crippen LogP contribution < -0.4 is 19.5 Å². The lowest BCUT2D eigenvalue weighted by Crippen LogP contribution is -2.44. The molecule has 0 aliphatic carbocycles. The Morgan fingerprint density at radius 2 is 1.74 bits per heavy atom. The van der Waals surface area contributed by atoms with E-state index < -0.39 is 6.10 Å². The summed E-state index contributed by atoms with van der Waals surface area (Å²) in [5.74, 6) is 2.12. The monoisotopic (exact) mass is 371 g/mol. The summed E-state index contributed by atoms with van der Waals surface area (Å²) in [6.45, 7) is 8.20. The van der Waals surface area contributed by atoms with Gasteiger partial charge >= 0.3 is 0 Å². The first-order valence-corrected chi connectivity index (χ1v) is 9.24. The summed E-state index contributed by atoms with van der Waals surface area (Å²) in [6, 6.07) is 13.2. The maximum atomic E-state index is 12.6. The van der Waals surface area contributed by atoms with Crippen molar-refractivity contribution in [1.29, 1.82) is 0 Å². The van der Waals surface area contributed by atoms with E-state index >= 15 is 0 Å². The first kappa shape index (κ1) is 20.6. The molecule has 5 nitrogen and oxygen atoms in total. The van der Waals surface area contributed by atoms with Crippen molar-refractivity contribution >= 4 is 5.91 Å². The van der Waals surface area contributed by atoms with Gasteiger partial charge in [0.2, 0.25) is 0 Å². The number of ether oxygens (including phenoxy) is 3. The van der Waals surface area contributed by atoms with E-state index in [1.54, 1.807) is 7.11 Å². The highest BCUT2D eigenvalue weighted by Crippen LogP contribution is 2.21. The second-order valence-electron chi connectivity index (χ2n) is 6.68. The van der Waals surface area contributed by atoms with E-state index in [9.17, 15) is 4.79 Å². The number of aryl methyl sites for hydroxylation is 2. The summed E-state index contributed by atoms with van der Waals surface area (Å²) < 4.78 is 16.8. The molecule has 0 radical (unpaired) electrons. The average molecular weight is 371 g/mol. The SMILES string of the molecule is CCC(Oc1cc(C)ccc1C)C(=O)NC(C)COc1ccc(OC)cc1. The third-order valence-electron chi connectivity index (χ3n) is 4.22. The predicted octanol–water partition coefficient (Wildman–Crippen LogP) is 4.05. The minimum Gasteiger partial charge on any atom is -0.497 e. The van der Waals surface area contributed by atoms with Crippen LogP contribution in [0.2, 0.25) is 0 Å². The minimum atomic E-state index is -0.533. The van der Waals surface area contributed by atoms with E-state index in [0.717, 1.165) is 28.4 Å². The van der Waals surface area contributed by atoms with Crippen LogP contribution in [-0.2, 0) is 4.79 Å². The maximum Gasteiger partial charge on any atom is 0.261 e. The van der Waals surface area contributed by atoms with Gasteiger partial charge in [0.1, 0.15) is 23.9 Å². The molecular weight excluding hydrogens is 342 g/mol. The summed E-state index contributed by atoms with van der Waals surface area (Å²) in [4.78, 5) is 12.6. The van der Waals surface area contributed by atoms with Crippen LogP contribution in [0, 0.1) is 13.8 Å². The van der Waals surface area contributed by atoms with Gasteiger partial charge in [0.05, 0.1) is 13.2 Å². The Bertz CT molecular complexity index is 742. The predicted molar refractivity (Wildman–Crippen MR) is 107 cm³/mol. The Kier molecular flexibility index (Phi) is 7.53. The molecule has 1 N–H and O–H groups in total. The number of carbonyl (C=O) groups is 1. The fourth-order valence-electron chi connectivity index (χ4n) is 2.58. The van der Waals surface area contributed by atoms with Crippen LogP contribution in [0.5, 0.6) is 17.2 Å². The number of hydrogen-bond acceptors (Lipinski definition) is 4. The first-order valence-electron chi connectivity index (χ1n) is 9.24. The van der Waals surface area contributed by atoms with Crippen molar-refractivity contribution in [3.8, 4) is 17.2 Å². The molecule has 1 amide bonds. The third-order valence-corrected chi connectivity index (χ3v) is 4.22. The zero-order valence-electron chi connectivity index (χ0n) is 16.7. The second kappa shape index (κ2) is 9.86. The molecule has 0 aliphatic heterocycles. The Labute approximate surface area is 161 Å². The molecule has 27 heavy (non-hydrogen) atoms. The van der Waals surface area contributed by atoms with E-state index in [0.29, 0.717) is 13.0 Å². The van der Waals surface area contributed by atoms with Crippen molar-refractivity contribution in [2.45, 2.75) is 46.3 Å². The summed E-state index contributed by atoms with van der Waals surface area (Å²) in [5.41, 5.74) is 2.12. The molecule has 0 saturated carbocycles. The molecule has 5 heteroatoms. The molecule has 0 spiro atoms. The van der Waals surface area contributed by atoms with E-state index in [2.05, 4.69) is 5.32 Å². The number of nitrogens with one attached hydrogen (secondary N) is 1. The summed E-state index contributed by atoms with van der Waals surface area (Å²) >= 11 is 0. The van der Waals surface area contributed by atoms with Crippen molar-refractivity contribution in [3.05, 3.63) is 53.6 Å². The van der Waals surface area contributed by atoms with Crippen molar-refractivity contribution in [2.24, 2.45) is 0 Å². The largest absolute Gasteiger partial charge is 0.497 e. The fraction of sp³-hybridized carbons (Fsp3) is 0.409. The molecule has 0 aromatic heterocycles. The van der Waals surface area contributed by atoms with Crippen LogP contribution in [-0.4, -0.2) is 31.8 Å². The molecular formula is C22H29NO4. The quantitative estimate of drug-likeness (QED) is 0.722. The Balaban J connectivity index is 1.88. The maximum absolute atomic E-state index is 12.6. The van der Waals surface area contributed by atoms with Crippen LogP contribution >= 0.6 is 0 Å². The molecule has 2 unspecified atom stereocenters. The van der Waals surface area contributed by atoms with Crippen LogP contribution in [0.25, 0.3) is 0 Å². The summed E-state index contributed by atoms with van der Waals surface area (Å²) in [7, 11) is 1.62. The zero-order chi connectivity index (χ0) is 19.8. The molecule has 0 heterocycles. The standard InChI is InChI=1S/C22H29NO4/c1-6-20(27-21-13-15(2)7-8-16(21)3)22(24)23-17(4)14-26-19-11-9-18(25-5)10-12-19/h7-13,17,20H,6,14H2,1-5H3,(H,23,24). The van der Waals surface area contributed by atoms with E-state index in [-0.39, 0.29) is 11.9 Å². The van der Waals surface area contributed by atoms with E-state index in [1.165, 1.54) is 0 Å². The molecule has 0 bridgehead atoms. The van der Waals surface area contributed by atoms with Gasteiger partial charge in [0, 0.05) is 0 Å². The zero-order valence-corrected chi connectivity index (χ0v) is 16.7. The second-order valence-corrected chi connectivity index (χ2v) is 6.68. The minimum absolute atomic E-state index is 0.135. The Morgan fingerprint density at radius 3 is 2.37 bits per heavy atom. The topological polar surface area (TPSA) is 56.8 Å². The molecule has 2 atom stereocenters. The lowest BCUT2D eigenvalue weighted by Gasteiger charge is -2.22. The highest BCUT2D eigenvalue weighted by atomic mass is 16.5. The van der Waals surface area contributed by atoms with Crippen molar-refractivity contribution < 1.29 is 19.0 Å². The Morgan fingerprint density at radius 1 is 1.07 bits per heavy atom. The van der Waals surface area contributed by atoms with Crippen LogP contribution in [0.3, 0.4) is 0 Å². The molecule has 0 aliphatic rings. The molecule has 146 valence electrons. The first-order chi connectivity index (χ1) is 12.9. The van der Waals surface area contributed by atoms with Crippen molar-refractivity contribution in [3.63, 3.8) is 0 Å². The normalized spacial score (nSPS) is 12.8. The van der Waals surface area contributed by atoms with Crippen LogP contribution in [0.1, 0.15) is 31.4 Å². The van der Waals surface area contributed by atoms with Gasteiger partial charge in [-0.25, -0.2) is 0 Å². The van der Waals surface area contributed by atoms with Gasteiger partial charge in [-0.1, -0.05) is 19.1 Å². The van der Waals surface area contributed by atoms with Gasteiger partial charge in [-0.2, -0.15) is 0 Å². The number of methoxy groups -OCH3 is 1. The summed E-state index contributed by atoms with van der Waals surface area (Å²) in [6.07, 6.45) is 0.0552. The van der Waals surface area contributed by atoms with Gasteiger partial charge in [0.25, 0.3) is 5.91 Å². The van der Waals surface area contributed by atoms with Gasteiger partial charge in [-0.15, -0.1) is 0 Å². The van der Waals surface area contributed by atoms with E-state index in [1.807, 2.05) is 70.2 Å². The van der Waals surface area contributed by atoms with Gasteiger partial charge in [-0.3, -0.25) is 4.79 Å². The van der Waals surface area contributed by atoms with Crippen LogP contribution in [0.4, 0.5) is 0 Å². The average Bonchev–Trinajstić information content (AvgIpc) is 2.67. The fourth-order valence-corrected chi connectivity index (χ4v) is 2.58. The number of amides is 1. The third kappa shape index (κ3) is 6.20. The molecule has 0 fully saturated rings. The van der Waals surface area contributed by atoms with Gasteiger partial charge in [0.15, 0.2) is 6.10 Å². The van der Waals surface area contributed by atoms with E-state index in [4.69, 9.17) is 14.2 Å². The Hall–Kier alpha value is -2.69. The number of benzene rings is 2. The highest BCUT2D eigenvalue weighted by Gasteiger charge is 2.21. The molecule has 2 aromatic rings. The highest BCUT2D eigenvalue weighted by molar-refractivity contribution is 5.81. The molecule has 2 rings (SSSR count).